The first-order valence-electron chi connectivity index (χ1n) is 7.68. The van der Waals surface area contributed by atoms with E-state index >= 15 is 0 Å². The van der Waals surface area contributed by atoms with E-state index in [9.17, 15) is 4.79 Å². The molecule has 0 aliphatic heterocycles. The molecule has 0 aliphatic rings. The van der Waals surface area contributed by atoms with Crippen molar-refractivity contribution in [2.75, 3.05) is 5.32 Å². The molecular weight excluding hydrogens is 336 g/mol. The molecule has 0 atom stereocenters. The maximum Gasteiger partial charge on any atom is 0.348 e. The summed E-state index contributed by atoms with van der Waals surface area (Å²) < 4.78 is 11.2. The van der Waals surface area contributed by atoms with E-state index in [4.69, 9.17) is 9.15 Å². The van der Waals surface area contributed by atoms with Gasteiger partial charge >= 0.3 is 11.6 Å². The summed E-state index contributed by atoms with van der Waals surface area (Å²) in [6, 6.07) is 17.0. The van der Waals surface area contributed by atoms with Crippen LogP contribution in [-0.2, 0) is 0 Å². The fraction of sp³-hybridized carbons (Fsp3) is 0.0526. The van der Waals surface area contributed by atoms with Gasteiger partial charge in [0, 0.05) is 10.3 Å². The zero-order valence-electron chi connectivity index (χ0n) is 13.4. The van der Waals surface area contributed by atoms with Gasteiger partial charge in [0.05, 0.1) is 16.6 Å². The van der Waals surface area contributed by atoms with Gasteiger partial charge in [0.15, 0.2) is 5.75 Å². The second-order valence-electron chi connectivity index (χ2n) is 5.40. The molecule has 4 rings (SSSR count). The van der Waals surface area contributed by atoms with Gasteiger partial charge in [0.25, 0.3) is 0 Å². The Hall–Kier alpha value is -3.12. The smallest absolute Gasteiger partial charge is 0.348 e. The summed E-state index contributed by atoms with van der Waals surface area (Å²) in [5, 5.41) is 5.31. The van der Waals surface area contributed by atoms with E-state index < -0.39 is 5.63 Å². The fourth-order valence-corrected chi connectivity index (χ4v) is 3.21. The molecule has 5 nitrogen and oxygen atoms in total. The molecule has 0 bridgehead atoms. The lowest BCUT2D eigenvalue weighted by Gasteiger charge is -2.11. The summed E-state index contributed by atoms with van der Waals surface area (Å²) in [4.78, 5) is 17.5. The molecule has 6 heteroatoms. The third-order valence-electron chi connectivity index (χ3n) is 3.66. The van der Waals surface area contributed by atoms with Crippen molar-refractivity contribution in [2.24, 2.45) is 0 Å². The minimum absolute atomic E-state index is 0.142. The summed E-state index contributed by atoms with van der Waals surface area (Å²) in [5.41, 5.74) is 0.915. The number of aromatic nitrogens is 1. The van der Waals surface area contributed by atoms with Crippen LogP contribution >= 0.6 is 11.3 Å². The van der Waals surface area contributed by atoms with Crippen molar-refractivity contribution < 1.29 is 9.15 Å². The normalized spacial score (nSPS) is 10.8. The molecule has 0 radical (unpaired) electrons. The predicted molar refractivity (Wildman–Crippen MR) is 99.1 cm³/mol. The standard InChI is InChI=1S/C19H14N2O3S/c1-12-17-14(11-25-12)18(22)24-19(21-17)20-15-9-5-6-10-16(15)23-13-7-3-2-4-8-13/h2-11H,1H3,(H,20,21). The molecule has 0 amide bonds. The Morgan fingerprint density at radius 1 is 1.08 bits per heavy atom. The maximum atomic E-state index is 12.1. The fourth-order valence-electron chi connectivity index (χ4n) is 2.44. The van der Waals surface area contributed by atoms with Gasteiger partial charge < -0.3 is 14.5 Å². The van der Waals surface area contributed by atoms with Gasteiger partial charge in [-0.3, -0.25) is 0 Å². The quantitative estimate of drug-likeness (QED) is 0.555. The second kappa shape index (κ2) is 6.41. The molecule has 0 saturated carbocycles. The lowest BCUT2D eigenvalue weighted by molar-refractivity contribution is 0.482. The van der Waals surface area contributed by atoms with Crippen LogP contribution in [0.4, 0.5) is 11.7 Å². The van der Waals surface area contributed by atoms with E-state index in [-0.39, 0.29) is 6.01 Å². The van der Waals surface area contributed by atoms with E-state index in [2.05, 4.69) is 10.3 Å². The number of thiophene rings is 1. The molecular formula is C19H14N2O3S. The first-order valence-corrected chi connectivity index (χ1v) is 8.56. The number of nitrogens with one attached hydrogen (secondary N) is 1. The van der Waals surface area contributed by atoms with Crippen molar-refractivity contribution in [1.82, 2.24) is 4.98 Å². The third kappa shape index (κ3) is 3.12. The highest BCUT2D eigenvalue weighted by Gasteiger charge is 2.12. The van der Waals surface area contributed by atoms with Crippen molar-refractivity contribution >= 4 is 33.9 Å². The van der Waals surface area contributed by atoms with Crippen molar-refractivity contribution in [3.8, 4) is 11.5 Å². The molecule has 0 aliphatic carbocycles. The number of rotatable bonds is 4. The van der Waals surface area contributed by atoms with Crippen LogP contribution in [0.3, 0.4) is 0 Å². The van der Waals surface area contributed by atoms with Crippen LogP contribution in [0.5, 0.6) is 11.5 Å². The van der Waals surface area contributed by atoms with E-state index in [0.717, 1.165) is 10.6 Å². The average molecular weight is 350 g/mol. The van der Waals surface area contributed by atoms with Crippen molar-refractivity contribution in [3.05, 3.63) is 75.3 Å². The van der Waals surface area contributed by atoms with Crippen LogP contribution in [0.25, 0.3) is 10.9 Å². The zero-order chi connectivity index (χ0) is 17.2. The van der Waals surface area contributed by atoms with Crippen LogP contribution in [0.1, 0.15) is 4.88 Å². The van der Waals surface area contributed by atoms with E-state index in [1.54, 1.807) is 5.38 Å². The summed E-state index contributed by atoms with van der Waals surface area (Å²) in [6.45, 7) is 1.93. The lowest BCUT2D eigenvalue weighted by Crippen LogP contribution is -2.04. The second-order valence-corrected chi connectivity index (χ2v) is 6.48. The summed E-state index contributed by atoms with van der Waals surface area (Å²) >= 11 is 1.48. The topological polar surface area (TPSA) is 64.4 Å². The van der Waals surface area contributed by atoms with Crippen molar-refractivity contribution in [1.29, 1.82) is 0 Å². The van der Waals surface area contributed by atoms with Gasteiger partial charge in [0.1, 0.15) is 5.75 Å². The molecule has 4 aromatic rings. The molecule has 1 N–H and O–H groups in total. The monoisotopic (exact) mass is 350 g/mol. The maximum absolute atomic E-state index is 12.1. The highest BCUT2D eigenvalue weighted by molar-refractivity contribution is 7.11. The minimum atomic E-state index is -0.404. The number of anilines is 2. The number of para-hydroxylation sites is 3. The van der Waals surface area contributed by atoms with Crippen LogP contribution in [0.15, 0.2) is 69.2 Å². The molecule has 0 fully saturated rings. The van der Waals surface area contributed by atoms with Gasteiger partial charge in [-0.15, -0.1) is 11.3 Å². The zero-order valence-corrected chi connectivity index (χ0v) is 14.2. The number of hydrogen-bond donors (Lipinski definition) is 1. The Kier molecular flexibility index (Phi) is 3.95. The molecule has 0 spiro atoms. The highest BCUT2D eigenvalue weighted by atomic mass is 32.1. The van der Waals surface area contributed by atoms with Gasteiger partial charge in [0.2, 0.25) is 0 Å². The number of fused-ring (bicyclic) bond motifs is 1. The molecule has 0 unspecified atom stereocenters. The average Bonchev–Trinajstić information content (AvgIpc) is 2.99. The van der Waals surface area contributed by atoms with Crippen LogP contribution < -0.4 is 15.7 Å². The molecule has 0 saturated heterocycles. The van der Waals surface area contributed by atoms with Crippen LogP contribution in [0.2, 0.25) is 0 Å². The molecule has 25 heavy (non-hydrogen) atoms. The van der Waals surface area contributed by atoms with Gasteiger partial charge in [-0.25, -0.2) is 4.79 Å². The SMILES string of the molecule is Cc1scc2c(=O)oc(Nc3ccccc3Oc3ccccc3)nc12. The van der Waals surface area contributed by atoms with Gasteiger partial charge in [-0.2, -0.15) is 4.98 Å². The van der Waals surface area contributed by atoms with Gasteiger partial charge in [-0.05, 0) is 31.2 Å². The summed E-state index contributed by atoms with van der Waals surface area (Å²) in [7, 11) is 0. The van der Waals surface area contributed by atoms with Crippen molar-refractivity contribution in [3.63, 3.8) is 0 Å². The van der Waals surface area contributed by atoms with Crippen molar-refractivity contribution in [2.45, 2.75) is 6.92 Å². The number of ether oxygens (including phenoxy) is 1. The Bertz CT molecular complexity index is 1090. The first-order chi connectivity index (χ1) is 12.2. The van der Waals surface area contributed by atoms with Crippen LogP contribution in [-0.4, -0.2) is 4.98 Å². The number of benzene rings is 2. The lowest BCUT2D eigenvalue weighted by atomic mass is 10.3. The van der Waals surface area contributed by atoms with E-state index in [1.165, 1.54) is 11.3 Å². The molecule has 2 aromatic heterocycles. The van der Waals surface area contributed by atoms with E-state index in [0.29, 0.717) is 22.3 Å². The molecule has 2 aromatic carbocycles. The highest BCUT2D eigenvalue weighted by Crippen LogP contribution is 2.31. The summed E-state index contributed by atoms with van der Waals surface area (Å²) in [5.74, 6) is 1.33. The number of nitrogens with zero attached hydrogens (tertiary/aromatic N) is 1. The van der Waals surface area contributed by atoms with Gasteiger partial charge in [-0.1, -0.05) is 30.3 Å². The largest absolute Gasteiger partial charge is 0.455 e. The Balaban J connectivity index is 1.69. The Morgan fingerprint density at radius 3 is 2.68 bits per heavy atom. The first kappa shape index (κ1) is 15.4. The number of hydrogen-bond acceptors (Lipinski definition) is 6. The Morgan fingerprint density at radius 2 is 1.84 bits per heavy atom. The van der Waals surface area contributed by atoms with E-state index in [1.807, 2.05) is 61.5 Å². The minimum Gasteiger partial charge on any atom is -0.455 e. The molecule has 124 valence electrons. The van der Waals surface area contributed by atoms with Crippen LogP contribution in [0, 0.1) is 6.92 Å². The Labute approximate surface area is 147 Å². The summed E-state index contributed by atoms with van der Waals surface area (Å²) in [6.07, 6.45) is 0. The number of aryl methyl sites for hydroxylation is 1. The third-order valence-corrected chi connectivity index (χ3v) is 4.56. The predicted octanol–water partition coefficient (Wildman–Crippen LogP) is 5.09. The molecule has 2 heterocycles.